The maximum atomic E-state index is 12.6. The predicted molar refractivity (Wildman–Crippen MR) is 92.0 cm³/mol. The number of amides is 2. The zero-order chi connectivity index (χ0) is 16.6. The fraction of sp³-hybridized carbons (Fsp3) is 0.316. The number of nitrogens with zero attached hydrogens (tertiary/aromatic N) is 1. The van der Waals surface area contributed by atoms with Crippen LogP contribution in [0.4, 0.5) is 11.4 Å². The van der Waals surface area contributed by atoms with Gasteiger partial charge in [0.05, 0.1) is 11.0 Å². The maximum absolute atomic E-state index is 12.6. The summed E-state index contributed by atoms with van der Waals surface area (Å²) in [5.41, 5.74) is 2.71. The van der Waals surface area contributed by atoms with E-state index in [0.717, 1.165) is 36.9 Å². The lowest BCUT2D eigenvalue weighted by molar-refractivity contribution is -0.121. The van der Waals surface area contributed by atoms with Crippen molar-refractivity contribution in [1.29, 1.82) is 0 Å². The average molecular weight is 321 g/mol. The highest BCUT2D eigenvalue weighted by atomic mass is 16.2. The number of pyridine rings is 1. The van der Waals surface area contributed by atoms with Crippen LogP contribution in [0.2, 0.25) is 0 Å². The minimum atomic E-state index is -0.414. The summed E-state index contributed by atoms with van der Waals surface area (Å²) in [6, 6.07) is 9.12. The number of benzene rings is 1. The number of rotatable bonds is 2. The summed E-state index contributed by atoms with van der Waals surface area (Å²) in [6.45, 7) is 0. The molecule has 1 aromatic heterocycles. The standard InChI is InChI=1S/C19H19N3O2/c23-17(13-5-4-10-20-12-13)21-14-6-7-16-15(11-14)19(18(24)22-16)8-2-1-3-9-19/h4-7,10-12H,1-3,8-9H2,(H,21,23)(H,22,24). The van der Waals surface area contributed by atoms with Crippen molar-refractivity contribution in [3.8, 4) is 0 Å². The molecule has 5 heteroatoms. The molecule has 2 aromatic rings. The van der Waals surface area contributed by atoms with Gasteiger partial charge in [-0.25, -0.2) is 0 Å². The Kier molecular flexibility index (Phi) is 3.56. The van der Waals surface area contributed by atoms with Gasteiger partial charge in [0, 0.05) is 23.8 Å². The molecule has 1 aliphatic carbocycles. The van der Waals surface area contributed by atoms with E-state index in [4.69, 9.17) is 0 Å². The third-order valence-corrected chi connectivity index (χ3v) is 5.11. The summed E-state index contributed by atoms with van der Waals surface area (Å²) in [5, 5.41) is 5.92. The molecule has 1 saturated carbocycles. The molecule has 0 atom stereocenters. The zero-order valence-electron chi connectivity index (χ0n) is 13.3. The second-order valence-corrected chi connectivity index (χ2v) is 6.55. The number of anilines is 2. The molecule has 2 amide bonds. The summed E-state index contributed by atoms with van der Waals surface area (Å²) in [5.74, 6) is -0.0917. The number of hydrogen-bond acceptors (Lipinski definition) is 3. The average Bonchev–Trinajstić information content (AvgIpc) is 2.88. The SMILES string of the molecule is O=C(Nc1ccc2c(c1)C1(CCCCC1)C(=O)N2)c1cccnc1. The Balaban J connectivity index is 1.64. The van der Waals surface area contributed by atoms with Gasteiger partial charge in [-0.05, 0) is 48.7 Å². The van der Waals surface area contributed by atoms with Crippen LogP contribution in [0.5, 0.6) is 0 Å². The molecular weight excluding hydrogens is 302 g/mol. The number of carbonyl (C=O) groups is 2. The van der Waals surface area contributed by atoms with Gasteiger partial charge in [0.2, 0.25) is 5.91 Å². The van der Waals surface area contributed by atoms with Crippen molar-refractivity contribution in [1.82, 2.24) is 4.98 Å². The molecule has 4 rings (SSSR count). The Hall–Kier alpha value is -2.69. The summed E-state index contributed by atoms with van der Waals surface area (Å²) >= 11 is 0. The van der Waals surface area contributed by atoms with Crippen LogP contribution >= 0.6 is 0 Å². The van der Waals surface area contributed by atoms with Crippen LogP contribution in [0.3, 0.4) is 0 Å². The van der Waals surface area contributed by atoms with Crippen molar-refractivity contribution in [2.24, 2.45) is 0 Å². The van der Waals surface area contributed by atoms with Crippen LogP contribution in [0.25, 0.3) is 0 Å². The van der Waals surface area contributed by atoms with E-state index >= 15 is 0 Å². The fourth-order valence-electron chi connectivity index (χ4n) is 3.84. The van der Waals surface area contributed by atoms with Crippen molar-refractivity contribution in [2.45, 2.75) is 37.5 Å². The van der Waals surface area contributed by atoms with E-state index in [-0.39, 0.29) is 11.8 Å². The monoisotopic (exact) mass is 321 g/mol. The molecule has 0 saturated heterocycles. The first-order valence-electron chi connectivity index (χ1n) is 8.36. The minimum absolute atomic E-state index is 0.105. The molecular formula is C19H19N3O2. The molecule has 0 radical (unpaired) electrons. The number of aromatic nitrogens is 1. The lowest BCUT2D eigenvalue weighted by atomic mass is 9.70. The normalized spacial score (nSPS) is 18.1. The van der Waals surface area contributed by atoms with E-state index < -0.39 is 5.41 Å². The summed E-state index contributed by atoms with van der Waals surface area (Å²) in [6.07, 6.45) is 8.25. The van der Waals surface area contributed by atoms with Gasteiger partial charge in [-0.2, -0.15) is 0 Å². The van der Waals surface area contributed by atoms with Crippen molar-refractivity contribution < 1.29 is 9.59 Å². The van der Waals surface area contributed by atoms with E-state index in [1.807, 2.05) is 18.2 Å². The third kappa shape index (κ3) is 2.37. The Morgan fingerprint density at radius 2 is 2.00 bits per heavy atom. The van der Waals surface area contributed by atoms with Crippen LogP contribution in [0.1, 0.15) is 48.0 Å². The Labute approximate surface area is 140 Å². The van der Waals surface area contributed by atoms with Crippen molar-refractivity contribution in [2.75, 3.05) is 10.6 Å². The van der Waals surface area contributed by atoms with Crippen molar-refractivity contribution in [3.63, 3.8) is 0 Å². The topological polar surface area (TPSA) is 71.1 Å². The zero-order valence-corrected chi connectivity index (χ0v) is 13.3. The van der Waals surface area contributed by atoms with Crippen LogP contribution in [-0.4, -0.2) is 16.8 Å². The summed E-state index contributed by atoms with van der Waals surface area (Å²) in [7, 11) is 0. The van der Waals surface area contributed by atoms with Gasteiger partial charge in [0.15, 0.2) is 0 Å². The van der Waals surface area contributed by atoms with Gasteiger partial charge in [0.1, 0.15) is 0 Å². The first kappa shape index (κ1) is 14.9. The third-order valence-electron chi connectivity index (χ3n) is 5.11. The van der Waals surface area contributed by atoms with Crippen molar-refractivity contribution >= 4 is 23.2 Å². The highest BCUT2D eigenvalue weighted by molar-refractivity contribution is 6.08. The molecule has 122 valence electrons. The molecule has 1 aromatic carbocycles. The number of hydrogen-bond donors (Lipinski definition) is 2. The molecule has 2 heterocycles. The Bertz CT molecular complexity index is 796. The van der Waals surface area contributed by atoms with E-state index in [0.29, 0.717) is 11.3 Å². The summed E-state index contributed by atoms with van der Waals surface area (Å²) < 4.78 is 0. The second-order valence-electron chi connectivity index (χ2n) is 6.55. The Morgan fingerprint density at radius 3 is 2.75 bits per heavy atom. The molecule has 0 bridgehead atoms. The molecule has 24 heavy (non-hydrogen) atoms. The van der Waals surface area contributed by atoms with E-state index in [1.54, 1.807) is 18.3 Å². The molecule has 1 aliphatic heterocycles. The van der Waals surface area contributed by atoms with Gasteiger partial charge in [0.25, 0.3) is 5.91 Å². The first-order chi connectivity index (χ1) is 11.7. The minimum Gasteiger partial charge on any atom is -0.325 e. The fourth-order valence-corrected chi connectivity index (χ4v) is 3.84. The number of carbonyl (C=O) groups excluding carboxylic acids is 2. The molecule has 1 spiro atoms. The van der Waals surface area contributed by atoms with Crippen LogP contribution in [0.15, 0.2) is 42.7 Å². The van der Waals surface area contributed by atoms with E-state index in [2.05, 4.69) is 15.6 Å². The van der Waals surface area contributed by atoms with Crippen molar-refractivity contribution in [3.05, 3.63) is 53.9 Å². The molecule has 0 unspecified atom stereocenters. The second kappa shape index (κ2) is 5.74. The lowest BCUT2D eigenvalue weighted by Crippen LogP contribution is -2.36. The molecule has 1 fully saturated rings. The lowest BCUT2D eigenvalue weighted by Gasteiger charge is -2.31. The van der Waals surface area contributed by atoms with Gasteiger partial charge in [-0.15, -0.1) is 0 Å². The molecule has 2 aliphatic rings. The number of fused-ring (bicyclic) bond motifs is 2. The highest BCUT2D eigenvalue weighted by Gasteiger charge is 2.47. The van der Waals surface area contributed by atoms with Crippen LogP contribution in [0, 0.1) is 0 Å². The molecule has 5 nitrogen and oxygen atoms in total. The maximum Gasteiger partial charge on any atom is 0.257 e. The van der Waals surface area contributed by atoms with Crippen LogP contribution in [-0.2, 0) is 10.2 Å². The smallest absolute Gasteiger partial charge is 0.257 e. The highest BCUT2D eigenvalue weighted by Crippen LogP contribution is 2.48. The van der Waals surface area contributed by atoms with Gasteiger partial charge in [-0.1, -0.05) is 19.3 Å². The summed E-state index contributed by atoms with van der Waals surface area (Å²) in [4.78, 5) is 28.8. The first-order valence-corrected chi connectivity index (χ1v) is 8.36. The van der Waals surface area contributed by atoms with Gasteiger partial charge < -0.3 is 10.6 Å². The Morgan fingerprint density at radius 1 is 1.17 bits per heavy atom. The van der Waals surface area contributed by atoms with E-state index in [9.17, 15) is 9.59 Å². The quantitative estimate of drug-likeness (QED) is 0.889. The van der Waals surface area contributed by atoms with Crippen LogP contribution < -0.4 is 10.6 Å². The van der Waals surface area contributed by atoms with Gasteiger partial charge in [-0.3, -0.25) is 14.6 Å². The van der Waals surface area contributed by atoms with Gasteiger partial charge >= 0.3 is 0 Å². The molecule has 2 N–H and O–H groups in total. The number of nitrogens with one attached hydrogen (secondary N) is 2. The predicted octanol–water partition coefficient (Wildman–Crippen LogP) is 3.49. The largest absolute Gasteiger partial charge is 0.325 e. The van der Waals surface area contributed by atoms with E-state index in [1.165, 1.54) is 12.6 Å².